The Morgan fingerprint density at radius 1 is 1.24 bits per heavy atom. The van der Waals surface area contributed by atoms with Gasteiger partial charge in [0.2, 0.25) is 0 Å². The van der Waals surface area contributed by atoms with Gasteiger partial charge >= 0.3 is 0 Å². The van der Waals surface area contributed by atoms with Crippen LogP contribution >= 0.6 is 11.6 Å². The number of nitrogens with two attached hydrogens (primary N) is 1. The molecule has 2 heterocycles. The van der Waals surface area contributed by atoms with Gasteiger partial charge in [0.05, 0.1) is 27.7 Å². The smallest absolute Gasteiger partial charge is 0.267 e. The molecule has 2 aromatic heterocycles. The minimum absolute atomic E-state index is 0.141. The van der Waals surface area contributed by atoms with E-state index >= 15 is 0 Å². The maximum absolute atomic E-state index is 14.0. The first-order valence-electron chi connectivity index (χ1n) is 13.0. The van der Waals surface area contributed by atoms with E-state index in [1.807, 2.05) is 31.2 Å². The number of halogens is 2. The van der Waals surface area contributed by atoms with E-state index < -0.39 is 12.7 Å². The second-order valence-corrected chi connectivity index (χ2v) is 10.7. The van der Waals surface area contributed by atoms with Crippen molar-refractivity contribution in [2.75, 3.05) is 24.8 Å². The Labute approximate surface area is 243 Å². The van der Waals surface area contributed by atoms with Crippen molar-refractivity contribution in [3.05, 3.63) is 93.3 Å². The third-order valence-corrected chi connectivity index (χ3v) is 6.70. The zero-order chi connectivity index (χ0) is 29.7. The highest BCUT2D eigenvalue weighted by Crippen LogP contribution is 2.28. The molecule has 0 amide bonds. The first-order valence-corrected chi connectivity index (χ1v) is 13.3. The van der Waals surface area contributed by atoms with Crippen molar-refractivity contribution >= 4 is 39.9 Å². The molecule has 210 valence electrons. The van der Waals surface area contributed by atoms with Crippen LogP contribution < -0.4 is 16.6 Å². The monoisotopic (exact) mass is 571 g/mol. The van der Waals surface area contributed by atoms with Crippen LogP contribution in [-0.2, 0) is 5.41 Å². The molecule has 0 saturated heterocycles. The quantitative estimate of drug-likeness (QED) is 0.222. The van der Waals surface area contributed by atoms with Crippen LogP contribution in [0, 0.1) is 11.8 Å². The third kappa shape index (κ3) is 6.44. The van der Waals surface area contributed by atoms with Crippen molar-refractivity contribution in [2.45, 2.75) is 39.2 Å². The van der Waals surface area contributed by atoms with Gasteiger partial charge in [-0.2, -0.15) is 0 Å². The van der Waals surface area contributed by atoms with E-state index in [1.165, 1.54) is 18.5 Å². The zero-order valence-corrected chi connectivity index (χ0v) is 24.3. The second kappa shape index (κ2) is 12.3. The first-order chi connectivity index (χ1) is 19.5. The minimum Gasteiger partial charge on any atom is -0.382 e. The van der Waals surface area contributed by atoms with E-state index in [4.69, 9.17) is 22.3 Å². The van der Waals surface area contributed by atoms with Gasteiger partial charge in [0, 0.05) is 7.05 Å². The number of fused-ring (bicyclic) bond motifs is 1. The number of nitrogen functional groups attached to an aromatic ring is 1. The van der Waals surface area contributed by atoms with E-state index in [2.05, 4.69) is 52.9 Å². The van der Waals surface area contributed by atoms with Gasteiger partial charge in [-0.15, -0.1) is 0 Å². The number of alkyl halides is 1. The number of benzene rings is 2. The average molecular weight is 572 g/mol. The van der Waals surface area contributed by atoms with Crippen molar-refractivity contribution in [2.24, 2.45) is 4.99 Å². The van der Waals surface area contributed by atoms with Crippen LogP contribution in [-0.4, -0.2) is 39.0 Å². The van der Waals surface area contributed by atoms with Crippen LogP contribution in [0.4, 0.5) is 16.0 Å². The minimum atomic E-state index is -0.633. The Morgan fingerprint density at radius 2 is 2.00 bits per heavy atom. The Morgan fingerprint density at radius 3 is 2.71 bits per heavy atom. The molecule has 41 heavy (non-hydrogen) atoms. The molecule has 0 aliphatic carbocycles. The predicted molar refractivity (Wildman–Crippen MR) is 165 cm³/mol. The SMILES string of the molecule is CN=C(C#Cc1c(N)ncnc1NC(C)c1nc2cccc(Cl)c2c(=O)n1-c1cccc(C(C)(C)C)c1)/C=C\CF. The third-order valence-electron chi connectivity index (χ3n) is 6.38. The zero-order valence-electron chi connectivity index (χ0n) is 23.5. The number of anilines is 2. The molecular formula is C31H31ClFN7O. The summed E-state index contributed by atoms with van der Waals surface area (Å²) in [6.07, 6.45) is 4.12. The fraction of sp³-hybridized carbons (Fsp3) is 0.258. The summed E-state index contributed by atoms with van der Waals surface area (Å²) in [5, 5.41) is 3.96. The number of hydrogen-bond donors (Lipinski definition) is 2. The number of rotatable bonds is 6. The summed E-state index contributed by atoms with van der Waals surface area (Å²) in [4.78, 5) is 31.4. The van der Waals surface area contributed by atoms with Crippen molar-refractivity contribution in [1.29, 1.82) is 0 Å². The van der Waals surface area contributed by atoms with E-state index in [0.29, 0.717) is 44.5 Å². The fourth-order valence-corrected chi connectivity index (χ4v) is 4.47. The van der Waals surface area contributed by atoms with E-state index in [1.54, 1.807) is 29.8 Å². The van der Waals surface area contributed by atoms with Gasteiger partial charge in [0.15, 0.2) is 0 Å². The van der Waals surface area contributed by atoms with Gasteiger partial charge in [-0.25, -0.2) is 19.3 Å². The Kier molecular flexibility index (Phi) is 8.84. The molecule has 2 aromatic carbocycles. The van der Waals surface area contributed by atoms with Crippen molar-refractivity contribution in [3.63, 3.8) is 0 Å². The van der Waals surface area contributed by atoms with Crippen LogP contribution in [0.5, 0.6) is 0 Å². The van der Waals surface area contributed by atoms with Crippen LogP contribution in [0.1, 0.15) is 50.7 Å². The normalized spacial score (nSPS) is 12.8. The number of nitrogens with zero attached hydrogens (tertiary/aromatic N) is 5. The molecule has 4 rings (SSSR count). The lowest BCUT2D eigenvalue weighted by atomic mass is 9.87. The highest BCUT2D eigenvalue weighted by atomic mass is 35.5. The lowest BCUT2D eigenvalue weighted by Crippen LogP contribution is -2.28. The van der Waals surface area contributed by atoms with Gasteiger partial charge in [-0.05, 0) is 54.2 Å². The molecule has 0 radical (unpaired) electrons. The fourth-order valence-electron chi connectivity index (χ4n) is 4.21. The van der Waals surface area contributed by atoms with Crippen molar-refractivity contribution in [1.82, 2.24) is 19.5 Å². The molecule has 0 bridgehead atoms. The molecule has 3 N–H and O–H groups in total. The summed E-state index contributed by atoms with van der Waals surface area (Å²) in [5.41, 5.74) is 8.62. The van der Waals surface area contributed by atoms with Crippen LogP contribution in [0.15, 0.2) is 70.7 Å². The highest BCUT2D eigenvalue weighted by molar-refractivity contribution is 6.35. The standard InChI is InChI=1S/C31H31ClFN7O/c1-19(38-28-23(27(34)36-18-37-28)15-14-21(35-5)10-8-16-33)29-39-25-13-7-12-24(32)26(25)30(41)40(29)22-11-6-9-20(17-22)31(2,3)4/h6-13,17-19H,16H2,1-5H3,(H3,34,36,37,38)/b10-8-,35-21?. The number of nitrogens with one attached hydrogen (secondary N) is 1. The Bertz CT molecular complexity index is 1780. The van der Waals surface area contributed by atoms with Gasteiger partial charge < -0.3 is 11.1 Å². The summed E-state index contributed by atoms with van der Waals surface area (Å²) >= 11 is 6.48. The molecule has 8 nitrogen and oxygen atoms in total. The molecule has 10 heteroatoms. The van der Waals surface area contributed by atoms with Crippen LogP contribution in [0.25, 0.3) is 16.6 Å². The first kappa shape index (κ1) is 29.4. The molecular weight excluding hydrogens is 541 g/mol. The predicted octanol–water partition coefficient (Wildman–Crippen LogP) is 5.83. The van der Waals surface area contributed by atoms with Gasteiger partial charge in [0.1, 0.15) is 41.7 Å². The molecule has 1 atom stereocenters. The van der Waals surface area contributed by atoms with E-state index in [-0.39, 0.29) is 16.8 Å². The molecule has 0 saturated carbocycles. The maximum atomic E-state index is 14.0. The largest absolute Gasteiger partial charge is 0.382 e. The Balaban J connectivity index is 1.88. The summed E-state index contributed by atoms with van der Waals surface area (Å²) in [6, 6.07) is 12.5. The van der Waals surface area contributed by atoms with E-state index in [9.17, 15) is 9.18 Å². The van der Waals surface area contributed by atoms with Crippen molar-refractivity contribution in [3.8, 4) is 17.5 Å². The summed E-state index contributed by atoms with van der Waals surface area (Å²) < 4.78 is 14.2. The lowest BCUT2D eigenvalue weighted by molar-refractivity contribution is 0.562. The van der Waals surface area contributed by atoms with Gasteiger partial charge in [0.25, 0.3) is 5.56 Å². The summed E-state index contributed by atoms with van der Waals surface area (Å²) in [7, 11) is 1.56. The van der Waals surface area contributed by atoms with Crippen LogP contribution in [0.3, 0.4) is 0 Å². The van der Waals surface area contributed by atoms with Crippen LogP contribution in [0.2, 0.25) is 5.02 Å². The number of allylic oxidation sites excluding steroid dienone is 2. The number of hydrogen-bond acceptors (Lipinski definition) is 7. The number of aliphatic imine (C=N–C) groups is 1. The molecule has 0 fully saturated rings. The molecule has 1 unspecified atom stereocenters. The lowest BCUT2D eigenvalue weighted by Gasteiger charge is -2.23. The summed E-state index contributed by atoms with van der Waals surface area (Å²) in [6.45, 7) is 7.56. The molecule has 0 spiro atoms. The van der Waals surface area contributed by atoms with Gasteiger partial charge in [-0.1, -0.05) is 62.6 Å². The summed E-state index contributed by atoms with van der Waals surface area (Å²) in [5.74, 6) is 6.75. The number of aromatic nitrogens is 4. The average Bonchev–Trinajstić information content (AvgIpc) is 2.93. The molecule has 0 aliphatic rings. The molecule has 0 aliphatic heterocycles. The maximum Gasteiger partial charge on any atom is 0.267 e. The Hall–Kier alpha value is -4.55. The van der Waals surface area contributed by atoms with E-state index in [0.717, 1.165) is 5.56 Å². The molecule has 4 aromatic rings. The second-order valence-electron chi connectivity index (χ2n) is 10.3. The van der Waals surface area contributed by atoms with Gasteiger partial charge in [-0.3, -0.25) is 14.4 Å². The topological polar surface area (TPSA) is 111 Å². The highest BCUT2D eigenvalue weighted by Gasteiger charge is 2.22. The van der Waals surface area contributed by atoms with Crippen molar-refractivity contribution < 1.29 is 4.39 Å².